The summed E-state index contributed by atoms with van der Waals surface area (Å²) >= 11 is 0. The molecule has 0 radical (unpaired) electrons. The number of carboxylic acids is 4. The monoisotopic (exact) mass is 762 g/mol. The SMILES string of the molecule is O=C(O)COc1cc2cc(OC(=O)N[C@H](C(=O)O)[C@H](OCc3ccc(NC(=O)c4ccc(C(F)(F)F)cc4)cc3)C(=O)O)c(=O)oc2cc1OCC(=O)O. The van der Waals surface area contributed by atoms with E-state index in [0.717, 1.165) is 42.5 Å². The molecule has 0 bridgehead atoms. The molecule has 0 saturated heterocycles. The molecule has 3 aromatic carbocycles. The summed E-state index contributed by atoms with van der Waals surface area (Å²) in [5.41, 5.74) is -2.12. The van der Waals surface area contributed by atoms with Gasteiger partial charge in [-0.15, -0.1) is 0 Å². The molecule has 4 rings (SSSR count). The molecule has 21 heteroatoms. The van der Waals surface area contributed by atoms with E-state index in [9.17, 15) is 56.9 Å². The fourth-order valence-electron chi connectivity index (χ4n) is 4.40. The average Bonchev–Trinajstić information content (AvgIpc) is 3.09. The Kier molecular flexibility index (Phi) is 12.4. The number of halogens is 3. The third-order valence-corrected chi connectivity index (χ3v) is 6.87. The number of benzene rings is 3. The largest absolute Gasteiger partial charge is 0.480 e. The first-order chi connectivity index (χ1) is 25.4. The van der Waals surface area contributed by atoms with E-state index >= 15 is 0 Å². The van der Waals surface area contributed by atoms with E-state index in [1.54, 1.807) is 5.32 Å². The van der Waals surface area contributed by atoms with Crippen LogP contribution in [0.4, 0.5) is 23.7 Å². The molecular weight excluding hydrogens is 737 g/mol. The summed E-state index contributed by atoms with van der Waals surface area (Å²) < 4.78 is 63.7. The first-order valence-corrected chi connectivity index (χ1v) is 14.9. The van der Waals surface area contributed by atoms with Crippen LogP contribution in [0.2, 0.25) is 0 Å². The molecule has 0 spiro atoms. The van der Waals surface area contributed by atoms with Crippen molar-refractivity contribution in [2.24, 2.45) is 0 Å². The Balaban J connectivity index is 1.43. The number of ether oxygens (including phenoxy) is 4. The fraction of sp³-hybridized carbons (Fsp3) is 0.182. The number of amides is 2. The summed E-state index contributed by atoms with van der Waals surface area (Å²) in [6, 6.07) is 9.55. The van der Waals surface area contributed by atoms with Crippen molar-refractivity contribution in [3.63, 3.8) is 0 Å². The Hall–Kier alpha value is -7.16. The Morgan fingerprint density at radius 2 is 1.33 bits per heavy atom. The smallest absolute Gasteiger partial charge is 0.416 e. The highest BCUT2D eigenvalue weighted by atomic mass is 19.4. The third-order valence-electron chi connectivity index (χ3n) is 6.87. The van der Waals surface area contributed by atoms with Crippen LogP contribution in [-0.2, 0) is 36.7 Å². The van der Waals surface area contributed by atoms with E-state index in [1.165, 1.54) is 24.3 Å². The molecule has 1 aromatic heterocycles. The summed E-state index contributed by atoms with van der Waals surface area (Å²) in [6.07, 6.45) is -8.46. The highest BCUT2D eigenvalue weighted by Gasteiger charge is 2.37. The summed E-state index contributed by atoms with van der Waals surface area (Å²) in [4.78, 5) is 83.5. The molecule has 4 aromatic rings. The molecule has 54 heavy (non-hydrogen) atoms. The van der Waals surface area contributed by atoms with Gasteiger partial charge in [0.15, 0.2) is 36.9 Å². The fourth-order valence-corrected chi connectivity index (χ4v) is 4.40. The first-order valence-electron chi connectivity index (χ1n) is 14.9. The van der Waals surface area contributed by atoms with Gasteiger partial charge >= 0.3 is 41.8 Å². The highest BCUT2D eigenvalue weighted by Crippen LogP contribution is 2.33. The normalized spacial score (nSPS) is 12.2. The van der Waals surface area contributed by atoms with Gasteiger partial charge in [-0.2, -0.15) is 13.2 Å². The predicted octanol–water partition coefficient (Wildman–Crippen LogP) is 3.20. The van der Waals surface area contributed by atoms with Crippen molar-refractivity contribution in [1.29, 1.82) is 0 Å². The second kappa shape index (κ2) is 16.9. The minimum absolute atomic E-state index is 0.0628. The third kappa shape index (κ3) is 10.7. The zero-order chi connectivity index (χ0) is 39.7. The summed E-state index contributed by atoms with van der Waals surface area (Å²) in [5.74, 6) is -8.71. The van der Waals surface area contributed by atoms with Crippen molar-refractivity contribution in [3.05, 3.63) is 93.8 Å². The lowest BCUT2D eigenvalue weighted by Gasteiger charge is -2.21. The average molecular weight is 763 g/mol. The number of hydrogen-bond donors (Lipinski definition) is 6. The molecule has 2 amide bonds. The van der Waals surface area contributed by atoms with Crippen LogP contribution in [0, 0.1) is 0 Å². The number of fused-ring (bicyclic) bond motifs is 1. The Morgan fingerprint density at radius 1 is 0.759 bits per heavy atom. The maximum Gasteiger partial charge on any atom is 0.416 e. The van der Waals surface area contributed by atoms with E-state index in [-0.39, 0.29) is 39.3 Å². The van der Waals surface area contributed by atoms with E-state index in [1.807, 2.05) is 0 Å². The van der Waals surface area contributed by atoms with E-state index in [2.05, 4.69) is 5.32 Å². The number of hydrogen-bond acceptors (Lipinski definition) is 12. The standard InChI is InChI=1S/C33H25F3N2O16/c34-33(35,36)18-5-3-16(4-6-18)28(43)37-19-7-1-15(2-8-19)12-52-27(30(46)47)26(29(44)45)38-32(49)54-23-10-17-9-21(50-13-24(39)40)22(51-14-25(41)42)11-20(17)53-31(23)48/h1-11,26-27H,12-14H2,(H,37,43)(H,38,49)(H,39,40)(H,41,42)(H,44,45)(H,46,47)/t26-,27-/m0/s1. The molecule has 0 saturated carbocycles. The van der Waals surface area contributed by atoms with E-state index in [0.29, 0.717) is 0 Å². The van der Waals surface area contributed by atoms with Crippen molar-refractivity contribution >= 4 is 52.5 Å². The predicted molar refractivity (Wildman–Crippen MR) is 171 cm³/mol. The van der Waals surface area contributed by atoms with Crippen LogP contribution in [0.1, 0.15) is 21.5 Å². The summed E-state index contributed by atoms with van der Waals surface area (Å²) in [6.45, 7) is -2.31. The van der Waals surface area contributed by atoms with Crippen molar-refractivity contribution in [3.8, 4) is 17.2 Å². The van der Waals surface area contributed by atoms with Gasteiger partial charge in [0.1, 0.15) is 5.58 Å². The number of nitrogens with one attached hydrogen (secondary N) is 2. The second-order valence-electron chi connectivity index (χ2n) is 10.7. The van der Waals surface area contributed by atoms with Gasteiger partial charge in [-0.25, -0.2) is 28.8 Å². The molecule has 0 aliphatic heterocycles. The van der Waals surface area contributed by atoms with Crippen LogP contribution >= 0.6 is 0 Å². The van der Waals surface area contributed by atoms with Crippen LogP contribution in [0.3, 0.4) is 0 Å². The van der Waals surface area contributed by atoms with Gasteiger partial charge in [-0.3, -0.25) is 4.79 Å². The van der Waals surface area contributed by atoms with Crippen LogP contribution in [0.5, 0.6) is 17.2 Å². The van der Waals surface area contributed by atoms with Crippen molar-refractivity contribution in [2.45, 2.75) is 24.9 Å². The maximum atomic E-state index is 12.8. The number of alkyl halides is 3. The number of carboxylic acid groups (broad SMARTS) is 4. The van der Waals surface area contributed by atoms with Crippen molar-refractivity contribution < 1.29 is 85.7 Å². The molecule has 0 aliphatic carbocycles. The lowest BCUT2D eigenvalue weighted by atomic mass is 10.1. The van der Waals surface area contributed by atoms with Gasteiger partial charge in [-0.1, -0.05) is 12.1 Å². The quantitative estimate of drug-likeness (QED) is 0.0894. The number of carbonyl (C=O) groups is 6. The number of anilines is 1. The number of aliphatic carboxylic acids is 4. The summed E-state index contributed by atoms with van der Waals surface area (Å²) in [7, 11) is 0. The zero-order valence-electron chi connectivity index (χ0n) is 26.9. The number of rotatable bonds is 16. The van der Waals surface area contributed by atoms with Gasteiger partial charge in [-0.05, 0) is 54.1 Å². The molecular formula is C33H25F3N2O16. The molecule has 18 nitrogen and oxygen atoms in total. The van der Waals surface area contributed by atoms with Gasteiger partial charge in [0.2, 0.25) is 5.75 Å². The van der Waals surface area contributed by atoms with Crippen LogP contribution in [0.25, 0.3) is 11.0 Å². The van der Waals surface area contributed by atoms with Crippen LogP contribution in [0.15, 0.2) is 75.9 Å². The molecule has 6 N–H and O–H groups in total. The Bertz CT molecular complexity index is 2130. The lowest BCUT2D eigenvalue weighted by Crippen LogP contribution is -2.53. The van der Waals surface area contributed by atoms with Gasteiger partial charge < -0.3 is 54.4 Å². The Labute approximate surface area is 298 Å². The van der Waals surface area contributed by atoms with Crippen molar-refractivity contribution in [2.75, 3.05) is 18.5 Å². The topological polar surface area (TPSA) is 275 Å². The Morgan fingerprint density at radius 3 is 1.87 bits per heavy atom. The summed E-state index contributed by atoms with van der Waals surface area (Å²) in [5, 5.41) is 41.4. The van der Waals surface area contributed by atoms with Crippen molar-refractivity contribution in [1.82, 2.24) is 5.32 Å². The molecule has 284 valence electrons. The van der Waals surface area contributed by atoms with Crippen LogP contribution < -0.4 is 30.5 Å². The highest BCUT2D eigenvalue weighted by molar-refractivity contribution is 6.04. The van der Waals surface area contributed by atoms with E-state index < -0.39 is 91.0 Å². The molecule has 0 fully saturated rings. The van der Waals surface area contributed by atoms with Crippen LogP contribution in [-0.4, -0.2) is 81.7 Å². The molecule has 0 aliphatic rings. The minimum Gasteiger partial charge on any atom is -0.480 e. The lowest BCUT2D eigenvalue weighted by molar-refractivity contribution is -0.161. The maximum absolute atomic E-state index is 12.8. The van der Waals surface area contributed by atoms with Gasteiger partial charge in [0, 0.05) is 22.7 Å². The van der Waals surface area contributed by atoms with Gasteiger partial charge in [0.25, 0.3) is 5.91 Å². The zero-order valence-corrected chi connectivity index (χ0v) is 26.9. The molecule has 2 atom stereocenters. The second-order valence-corrected chi connectivity index (χ2v) is 10.7. The number of carbonyl (C=O) groups excluding carboxylic acids is 2. The molecule has 0 unspecified atom stereocenters. The first kappa shape index (κ1) is 39.6. The minimum atomic E-state index is -4.59. The van der Waals surface area contributed by atoms with E-state index in [4.69, 9.17) is 33.6 Å². The molecule has 1 heterocycles. The van der Waals surface area contributed by atoms with Gasteiger partial charge in [0.05, 0.1) is 12.2 Å².